The Morgan fingerprint density at radius 3 is 1.04 bits per heavy atom. The van der Waals surface area contributed by atoms with E-state index in [9.17, 15) is 19.2 Å². The monoisotopic (exact) mass is 408 g/mol. The molecule has 8 heteroatoms. The Kier molecular flexibility index (Phi) is 4.89. The van der Waals surface area contributed by atoms with Crippen molar-refractivity contribution in [1.29, 1.82) is 0 Å². The second-order valence-electron chi connectivity index (χ2n) is 5.84. The predicted molar refractivity (Wildman–Crippen MR) is 108 cm³/mol. The molecule has 0 fully saturated rings. The Morgan fingerprint density at radius 2 is 0.750 bits per heavy atom. The van der Waals surface area contributed by atoms with E-state index in [0.29, 0.717) is 11.4 Å². The second-order valence-corrected chi connectivity index (χ2v) is 8.12. The van der Waals surface area contributed by atoms with Gasteiger partial charge >= 0.3 is 0 Å². The first-order chi connectivity index (χ1) is 13.5. The lowest BCUT2D eigenvalue weighted by atomic mass is 10.3. The Morgan fingerprint density at radius 1 is 0.464 bits per heavy atom. The first-order valence-electron chi connectivity index (χ1n) is 8.20. The fraction of sp³-hybridized carbons (Fsp3) is 0. The zero-order valence-electron chi connectivity index (χ0n) is 14.3. The third kappa shape index (κ3) is 3.51. The van der Waals surface area contributed by atoms with Gasteiger partial charge in [-0.1, -0.05) is 21.6 Å². The van der Waals surface area contributed by atoms with Crippen LogP contribution in [-0.2, 0) is 19.2 Å². The van der Waals surface area contributed by atoms with Gasteiger partial charge in [0.15, 0.2) is 0 Å². The molecule has 28 heavy (non-hydrogen) atoms. The molecule has 4 amide bonds. The molecule has 0 N–H and O–H groups in total. The van der Waals surface area contributed by atoms with Crippen LogP contribution in [-0.4, -0.2) is 23.6 Å². The van der Waals surface area contributed by atoms with Crippen molar-refractivity contribution in [2.45, 2.75) is 9.79 Å². The molecule has 0 atom stereocenters. The highest BCUT2D eigenvalue weighted by Crippen LogP contribution is 2.38. The van der Waals surface area contributed by atoms with Crippen molar-refractivity contribution >= 4 is 56.6 Å². The highest BCUT2D eigenvalue weighted by Gasteiger charge is 2.25. The number of amides is 4. The quantitative estimate of drug-likeness (QED) is 0.558. The fourth-order valence-electron chi connectivity index (χ4n) is 2.71. The number of carbonyl (C=O) groups excluding carboxylic acids is 4. The Hall–Kier alpha value is -3.10. The molecule has 0 aromatic heterocycles. The van der Waals surface area contributed by atoms with Crippen molar-refractivity contribution in [3.8, 4) is 0 Å². The second kappa shape index (κ2) is 7.49. The van der Waals surface area contributed by atoms with E-state index in [-0.39, 0.29) is 23.6 Å². The molecule has 2 heterocycles. The van der Waals surface area contributed by atoms with Gasteiger partial charge in [0.25, 0.3) is 23.6 Å². The molecular formula is C20H12N2O4S2. The van der Waals surface area contributed by atoms with Gasteiger partial charge in [-0.25, -0.2) is 9.80 Å². The molecule has 0 bridgehead atoms. The van der Waals surface area contributed by atoms with Gasteiger partial charge in [-0.15, -0.1) is 0 Å². The van der Waals surface area contributed by atoms with Crippen LogP contribution in [0.2, 0.25) is 0 Å². The smallest absolute Gasteiger partial charge is 0.258 e. The molecule has 6 nitrogen and oxygen atoms in total. The van der Waals surface area contributed by atoms with Crippen molar-refractivity contribution < 1.29 is 19.2 Å². The highest BCUT2D eigenvalue weighted by atomic mass is 33.1. The zero-order chi connectivity index (χ0) is 19.7. The van der Waals surface area contributed by atoms with Crippen LogP contribution in [0.3, 0.4) is 0 Å². The molecule has 0 aliphatic carbocycles. The number of benzene rings is 2. The topological polar surface area (TPSA) is 74.8 Å². The minimum absolute atomic E-state index is 0.343. The third-order valence-electron chi connectivity index (χ3n) is 4.04. The summed E-state index contributed by atoms with van der Waals surface area (Å²) in [6, 6.07) is 14.3. The molecule has 2 aromatic carbocycles. The number of nitrogens with zero attached hydrogens (tertiary/aromatic N) is 2. The molecule has 2 aliphatic heterocycles. The van der Waals surface area contributed by atoms with E-state index in [0.717, 1.165) is 19.6 Å². The molecule has 4 rings (SSSR count). The lowest BCUT2D eigenvalue weighted by Crippen LogP contribution is -2.29. The molecule has 0 saturated heterocycles. The van der Waals surface area contributed by atoms with Crippen molar-refractivity contribution in [3.05, 3.63) is 72.8 Å². The molecule has 0 radical (unpaired) electrons. The lowest BCUT2D eigenvalue weighted by molar-refractivity contribution is -0.121. The highest BCUT2D eigenvalue weighted by molar-refractivity contribution is 8.76. The van der Waals surface area contributed by atoms with Gasteiger partial charge in [-0.2, -0.15) is 0 Å². The van der Waals surface area contributed by atoms with E-state index in [4.69, 9.17) is 0 Å². The maximum absolute atomic E-state index is 11.7. The summed E-state index contributed by atoms with van der Waals surface area (Å²) in [5, 5.41) is 0. The van der Waals surface area contributed by atoms with E-state index in [1.54, 1.807) is 24.3 Å². The molecule has 2 aliphatic rings. The Labute approximate surface area is 168 Å². The number of hydrogen-bond donors (Lipinski definition) is 0. The van der Waals surface area contributed by atoms with E-state index < -0.39 is 0 Å². The first kappa shape index (κ1) is 18.3. The van der Waals surface area contributed by atoms with Crippen molar-refractivity contribution in [1.82, 2.24) is 0 Å². The van der Waals surface area contributed by atoms with E-state index in [2.05, 4.69) is 0 Å². The van der Waals surface area contributed by atoms with Crippen molar-refractivity contribution in [2.75, 3.05) is 9.80 Å². The summed E-state index contributed by atoms with van der Waals surface area (Å²) in [5.41, 5.74) is 1.07. The summed E-state index contributed by atoms with van der Waals surface area (Å²) in [7, 11) is 3.04. The normalized spacial score (nSPS) is 16.0. The lowest BCUT2D eigenvalue weighted by Gasteiger charge is -2.14. The fourth-order valence-corrected chi connectivity index (χ4v) is 4.64. The maximum Gasteiger partial charge on any atom is 0.258 e. The largest absolute Gasteiger partial charge is 0.269 e. The van der Waals surface area contributed by atoms with E-state index in [1.807, 2.05) is 24.3 Å². The average Bonchev–Trinajstić information content (AvgIpc) is 3.22. The molecule has 138 valence electrons. The predicted octanol–water partition coefficient (Wildman–Crippen LogP) is 3.34. The van der Waals surface area contributed by atoms with Gasteiger partial charge in [0.05, 0.1) is 11.4 Å². The van der Waals surface area contributed by atoms with E-state index in [1.165, 1.54) is 45.9 Å². The van der Waals surface area contributed by atoms with Gasteiger partial charge in [-0.05, 0) is 48.5 Å². The summed E-state index contributed by atoms with van der Waals surface area (Å²) in [4.78, 5) is 51.0. The SMILES string of the molecule is O=C1C=CC(=O)N1c1ccc(SSc2ccc(N3C(=O)C=CC3=O)cc2)cc1. The van der Waals surface area contributed by atoms with Crippen LogP contribution < -0.4 is 9.80 Å². The van der Waals surface area contributed by atoms with Crippen LogP contribution in [0.25, 0.3) is 0 Å². The Balaban J connectivity index is 1.38. The summed E-state index contributed by atoms with van der Waals surface area (Å²) in [6.07, 6.45) is 5.02. The first-order valence-corrected chi connectivity index (χ1v) is 10.3. The number of imide groups is 2. The third-order valence-corrected chi connectivity index (χ3v) is 6.46. The summed E-state index contributed by atoms with van der Waals surface area (Å²) < 4.78 is 0. The van der Waals surface area contributed by atoms with Crippen LogP contribution in [0.4, 0.5) is 11.4 Å². The van der Waals surface area contributed by atoms with Crippen molar-refractivity contribution in [2.24, 2.45) is 0 Å². The van der Waals surface area contributed by atoms with E-state index >= 15 is 0 Å². The van der Waals surface area contributed by atoms with Gasteiger partial charge in [0, 0.05) is 34.1 Å². The van der Waals surface area contributed by atoms with Crippen molar-refractivity contribution in [3.63, 3.8) is 0 Å². The molecule has 2 aromatic rings. The number of anilines is 2. The van der Waals surface area contributed by atoms with Gasteiger partial charge in [0.2, 0.25) is 0 Å². The van der Waals surface area contributed by atoms with Crippen LogP contribution in [0.1, 0.15) is 0 Å². The maximum atomic E-state index is 11.7. The standard InChI is InChI=1S/C20H12N2O4S2/c23-17-9-10-18(24)21(17)13-1-5-15(6-2-13)27-28-16-7-3-14(4-8-16)22-19(25)11-12-20(22)26/h1-12H. The van der Waals surface area contributed by atoms with Crippen LogP contribution >= 0.6 is 21.6 Å². The number of hydrogen-bond acceptors (Lipinski definition) is 6. The van der Waals surface area contributed by atoms with Gasteiger partial charge in [-0.3, -0.25) is 19.2 Å². The number of carbonyl (C=O) groups is 4. The zero-order valence-corrected chi connectivity index (χ0v) is 15.9. The summed E-state index contributed by atoms with van der Waals surface area (Å²) in [5.74, 6) is -1.37. The summed E-state index contributed by atoms with van der Waals surface area (Å²) >= 11 is 0. The van der Waals surface area contributed by atoms with Crippen LogP contribution in [0.5, 0.6) is 0 Å². The summed E-state index contributed by atoms with van der Waals surface area (Å²) in [6.45, 7) is 0. The molecular weight excluding hydrogens is 396 g/mol. The van der Waals surface area contributed by atoms with Gasteiger partial charge in [0.1, 0.15) is 0 Å². The molecule has 0 spiro atoms. The molecule has 0 saturated carbocycles. The minimum atomic E-state index is -0.343. The molecule has 0 unspecified atom stereocenters. The number of rotatable bonds is 5. The Bertz CT molecular complexity index is 921. The minimum Gasteiger partial charge on any atom is -0.269 e. The average molecular weight is 408 g/mol. The van der Waals surface area contributed by atoms with Crippen LogP contribution in [0, 0.1) is 0 Å². The van der Waals surface area contributed by atoms with Gasteiger partial charge < -0.3 is 0 Å². The van der Waals surface area contributed by atoms with Crippen LogP contribution in [0.15, 0.2) is 82.6 Å².